The molecule has 3 aliphatic rings. The molecule has 8 nitrogen and oxygen atoms in total. The van der Waals surface area contributed by atoms with Crippen molar-refractivity contribution in [2.24, 2.45) is 0 Å². The first-order valence-electron chi connectivity index (χ1n) is 13.4. The molecule has 3 fully saturated rings. The number of carbonyl (C=O) groups excluding carboxylic acids is 2. The van der Waals surface area contributed by atoms with Crippen molar-refractivity contribution in [2.75, 3.05) is 26.0 Å². The molecular formula is C27H38F5N5O3S. The second-order valence-corrected chi connectivity index (χ2v) is 11.0. The van der Waals surface area contributed by atoms with E-state index in [9.17, 15) is 31.5 Å². The Bertz CT molecular complexity index is 1080. The van der Waals surface area contributed by atoms with E-state index in [1.807, 2.05) is 24.3 Å². The zero-order valence-corrected chi connectivity index (χ0v) is 24.2. The fourth-order valence-electron chi connectivity index (χ4n) is 4.88. The summed E-state index contributed by atoms with van der Waals surface area (Å²) >= 11 is 0.915. The van der Waals surface area contributed by atoms with E-state index < -0.39 is 24.7 Å². The molecule has 0 radical (unpaired) electrons. The largest absolute Gasteiger partial charge is 0.405 e. The van der Waals surface area contributed by atoms with Crippen molar-refractivity contribution in [3.8, 4) is 10.4 Å². The van der Waals surface area contributed by atoms with Gasteiger partial charge in [-0.3, -0.25) is 9.59 Å². The van der Waals surface area contributed by atoms with E-state index in [2.05, 4.69) is 15.3 Å². The molecule has 1 aliphatic carbocycles. The van der Waals surface area contributed by atoms with E-state index >= 15 is 0 Å². The number of aryl methyl sites for hydroxylation is 1. The second-order valence-electron chi connectivity index (χ2n) is 9.96. The lowest BCUT2D eigenvalue weighted by Crippen LogP contribution is -2.26. The summed E-state index contributed by atoms with van der Waals surface area (Å²) in [5.41, 5.74) is -0.0636. The van der Waals surface area contributed by atoms with Gasteiger partial charge in [-0.25, -0.2) is 18.7 Å². The summed E-state index contributed by atoms with van der Waals surface area (Å²) in [5.74, 6) is -0.306. The van der Waals surface area contributed by atoms with E-state index in [0.717, 1.165) is 42.9 Å². The Morgan fingerprint density at radius 3 is 2.02 bits per heavy atom. The minimum Gasteiger partial charge on any atom is -0.393 e. The van der Waals surface area contributed by atoms with Crippen molar-refractivity contribution in [2.45, 2.75) is 89.1 Å². The maximum atomic E-state index is 13.2. The van der Waals surface area contributed by atoms with Crippen molar-refractivity contribution in [1.29, 1.82) is 0 Å². The van der Waals surface area contributed by atoms with Gasteiger partial charge in [0, 0.05) is 29.4 Å². The molecule has 2 aliphatic heterocycles. The first kappa shape index (κ1) is 34.5. The molecule has 0 atom stereocenters. The molecule has 5 rings (SSSR count). The number of fused-ring (bicyclic) bond motifs is 2. The van der Waals surface area contributed by atoms with Gasteiger partial charge in [-0.2, -0.15) is 13.2 Å². The number of aldehydes is 1. The Morgan fingerprint density at radius 2 is 1.66 bits per heavy atom. The Balaban J connectivity index is 0.000000262. The topological polar surface area (TPSA) is 107 Å². The van der Waals surface area contributed by atoms with Gasteiger partial charge in [0.2, 0.25) is 6.41 Å². The van der Waals surface area contributed by atoms with Crippen molar-refractivity contribution in [3.63, 3.8) is 0 Å². The van der Waals surface area contributed by atoms with Crippen molar-refractivity contribution >= 4 is 29.9 Å². The Labute approximate surface area is 240 Å². The number of hydrogen-bond acceptors (Lipinski definition) is 8. The first-order chi connectivity index (χ1) is 19.4. The lowest BCUT2D eigenvalue weighted by molar-refractivity contribution is -0.119. The summed E-state index contributed by atoms with van der Waals surface area (Å²) in [4.78, 5) is 31.1. The van der Waals surface area contributed by atoms with E-state index in [0.29, 0.717) is 28.9 Å². The molecule has 0 aromatic carbocycles. The quantitative estimate of drug-likeness (QED) is 0.283. The van der Waals surface area contributed by atoms with Crippen LogP contribution in [0.15, 0.2) is 12.3 Å². The van der Waals surface area contributed by atoms with Crippen molar-refractivity contribution in [1.82, 2.24) is 20.2 Å². The molecule has 3 N–H and O–H groups in total. The number of thiazole rings is 1. The molecular weight excluding hydrogens is 569 g/mol. The Morgan fingerprint density at radius 1 is 1.10 bits per heavy atom. The fourth-order valence-corrected chi connectivity index (χ4v) is 5.79. The highest BCUT2D eigenvalue weighted by atomic mass is 32.1. The Hall–Kier alpha value is -2.71. The normalized spacial score (nSPS) is 19.5. The number of rotatable bonds is 6. The van der Waals surface area contributed by atoms with Gasteiger partial charge in [-0.1, -0.05) is 12.8 Å². The third-order valence-electron chi connectivity index (χ3n) is 6.76. The van der Waals surface area contributed by atoms with Crippen LogP contribution in [0.3, 0.4) is 0 Å². The molecule has 230 valence electrons. The van der Waals surface area contributed by atoms with Gasteiger partial charge < -0.3 is 20.6 Å². The van der Waals surface area contributed by atoms with Gasteiger partial charge in [0.05, 0.1) is 16.7 Å². The molecule has 2 aromatic heterocycles. The van der Waals surface area contributed by atoms with Crippen LogP contribution in [0.1, 0.15) is 78.9 Å². The average molecular weight is 608 g/mol. The van der Waals surface area contributed by atoms with Crippen LogP contribution in [0.5, 0.6) is 0 Å². The standard InChI is InChI=1S/C13H10F5N3OS.C7H11NO.C5H10O.C2H7N/c1-6-11(23-10(4-22)21-6)8-3-19-9(2-7(8)12(14)15)20-5-13(16,17)18;9-5-8-6-1-2-7(8)4-3-6;6-5-3-1-2-4-5;1-3-2/h2-4,12H,5H2,1H3,(H,19,20);5-7H,1-4H2;5-6H,1-4H2;3H,1-2H3. The summed E-state index contributed by atoms with van der Waals surface area (Å²) in [6.07, 6.45) is 4.78. The molecule has 1 saturated carbocycles. The molecule has 2 bridgehead atoms. The number of aromatic nitrogens is 2. The SMILES string of the molecule is CNC.Cc1nc(C=O)sc1-c1cnc(NCC(F)(F)F)cc1C(F)F.O=CN1C2CCC1CC2.OC1CCCC1. The summed E-state index contributed by atoms with van der Waals surface area (Å²) in [6.45, 7) is 0.167. The number of nitrogens with zero attached hydrogens (tertiary/aromatic N) is 3. The number of amides is 1. The van der Waals surface area contributed by atoms with Crippen LogP contribution in [0.4, 0.5) is 27.8 Å². The number of aliphatic hydroxyl groups is 1. The maximum Gasteiger partial charge on any atom is 0.405 e. The van der Waals surface area contributed by atoms with E-state index in [4.69, 9.17) is 5.11 Å². The van der Waals surface area contributed by atoms with Crippen molar-refractivity contribution < 1.29 is 36.6 Å². The lowest BCUT2D eigenvalue weighted by Gasteiger charge is -2.13. The van der Waals surface area contributed by atoms with Gasteiger partial charge in [-0.15, -0.1) is 11.3 Å². The predicted octanol–water partition coefficient (Wildman–Crippen LogP) is 5.76. The second kappa shape index (κ2) is 16.7. The highest BCUT2D eigenvalue weighted by molar-refractivity contribution is 7.16. The van der Waals surface area contributed by atoms with E-state index in [-0.39, 0.29) is 22.5 Å². The Kier molecular flexibility index (Phi) is 14.0. The number of carbonyl (C=O) groups is 2. The van der Waals surface area contributed by atoms with Crippen LogP contribution < -0.4 is 10.6 Å². The molecule has 14 heteroatoms. The summed E-state index contributed by atoms with van der Waals surface area (Å²) < 4.78 is 62.9. The molecule has 41 heavy (non-hydrogen) atoms. The summed E-state index contributed by atoms with van der Waals surface area (Å²) in [7, 11) is 3.75. The minimum atomic E-state index is -4.49. The number of aliphatic hydroxyl groups excluding tert-OH is 1. The smallest absolute Gasteiger partial charge is 0.393 e. The van der Waals surface area contributed by atoms with Crippen molar-refractivity contribution in [3.05, 3.63) is 28.5 Å². The molecule has 4 heterocycles. The third kappa shape index (κ3) is 10.9. The highest BCUT2D eigenvalue weighted by Crippen LogP contribution is 2.37. The van der Waals surface area contributed by atoms with E-state index in [1.165, 1.54) is 38.5 Å². The van der Waals surface area contributed by atoms with Gasteiger partial charge in [0.25, 0.3) is 6.43 Å². The molecule has 2 aromatic rings. The van der Waals surface area contributed by atoms with E-state index in [1.54, 1.807) is 6.92 Å². The molecule has 0 unspecified atom stereocenters. The van der Waals surface area contributed by atoms with Gasteiger partial charge >= 0.3 is 6.18 Å². The fraction of sp³-hybridized carbons (Fsp3) is 0.630. The third-order valence-corrected chi connectivity index (χ3v) is 7.87. The number of pyridine rings is 1. The monoisotopic (exact) mass is 607 g/mol. The van der Waals surface area contributed by atoms with Crippen LogP contribution in [-0.2, 0) is 4.79 Å². The van der Waals surface area contributed by atoms with Gasteiger partial charge in [0.15, 0.2) is 11.3 Å². The number of nitrogens with one attached hydrogen (secondary N) is 2. The zero-order chi connectivity index (χ0) is 30.6. The van der Waals surface area contributed by atoms with Crippen LogP contribution in [-0.4, -0.2) is 77.7 Å². The number of alkyl halides is 5. The lowest BCUT2D eigenvalue weighted by atomic mass is 10.0. The minimum absolute atomic E-state index is 0.0423. The molecule has 2 saturated heterocycles. The van der Waals surface area contributed by atoms with Gasteiger partial charge in [-0.05, 0) is 65.6 Å². The summed E-state index contributed by atoms with van der Waals surface area (Å²) in [6, 6.07) is 2.10. The maximum absolute atomic E-state index is 13.2. The van der Waals surface area contributed by atoms with Gasteiger partial charge in [0.1, 0.15) is 12.4 Å². The zero-order valence-electron chi connectivity index (χ0n) is 23.4. The average Bonchev–Trinajstić information content (AvgIpc) is 3.73. The predicted molar refractivity (Wildman–Crippen MR) is 148 cm³/mol. The van der Waals surface area contributed by atoms with Crippen LogP contribution in [0.2, 0.25) is 0 Å². The summed E-state index contributed by atoms with van der Waals surface area (Å²) in [5, 5.41) is 13.6. The number of hydrogen-bond donors (Lipinski definition) is 3. The molecule has 0 spiro atoms. The number of halogens is 5. The van der Waals surface area contributed by atoms with Crippen LogP contribution in [0.25, 0.3) is 10.4 Å². The first-order valence-corrected chi connectivity index (χ1v) is 14.3. The van der Waals surface area contributed by atoms with Crippen LogP contribution in [0, 0.1) is 6.92 Å². The number of anilines is 1. The highest BCUT2D eigenvalue weighted by Gasteiger charge is 2.38. The molecule has 1 amide bonds. The van der Waals surface area contributed by atoms with Crippen LogP contribution >= 0.6 is 11.3 Å².